The number of carbonyl (C=O) groups is 2. The van der Waals surface area contributed by atoms with Crippen molar-refractivity contribution in [2.45, 2.75) is 47.3 Å². The molecule has 2 amide bonds. The van der Waals surface area contributed by atoms with Crippen molar-refractivity contribution in [1.29, 1.82) is 0 Å². The fourth-order valence-corrected chi connectivity index (χ4v) is 2.65. The first-order valence-corrected chi connectivity index (χ1v) is 8.97. The minimum absolute atomic E-state index is 0.144. The summed E-state index contributed by atoms with van der Waals surface area (Å²) in [6.45, 7) is 9.39. The Morgan fingerprint density at radius 3 is 2.52 bits per heavy atom. The van der Waals surface area contributed by atoms with Crippen LogP contribution in [0.25, 0.3) is 0 Å². The Morgan fingerprint density at radius 2 is 2.00 bits per heavy atom. The molecule has 0 aromatic heterocycles. The van der Waals surface area contributed by atoms with E-state index in [1.807, 2.05) is 32.0 Å². The normalized spacial score (nSPS) is 12.5. The van der Waals surface area contributed by atoms with Gasteiger partial charge in [-0.3, -0.25) is 9.59 Å². The molecule has 0 spiro atoms. The van der Waals surface area contributed by atoms with Crippen molar-refractivity contribution in [3.05, 3.63) is 46.5 Å². The van der Waals surface area contributed by atoms with E-state index in [0.717, 1.165) is 16.7 Å². The second-order valence-electron chi connectivity index (χ2n) is 6.44. The number of allylic oxidation sites excluding steroid dienone is 1. The van der Waals surface area contributed by atoms with Gasteiger partial charge in [0.15, 0.2) is 0 Å². The standard InChI is InChI=1S/C19H29BN2O5/c1-6-14(4)19(24)22(7-2)12-17(23)21-18(27-20(25)26)11-16-9-8-13(3)10-15(16)5/h6,8-10,18,25-26H,7,11-12H2,1-5H3,(H,21,23)/b14-6-/t18-/m1/s1. The van der Waals surface area contributed by atoms with Gasteiger partial charge >= 0.3 is 7.32 Å². The van der Waals surface area contributed by atoms with Gasteiger partial charge in [-0.05, 0) is 45.7 Å². The molecule has 3 N–H and O–H groups in total. The van der Waals surface area contributed by atoms with Crippen LogP contribution in [0.15, 0.2) is 29.8 Å². The number of benzene rings is 1. The van der Waals surface area contributed by atoms with Crippen molar-refractivity contribution in [3.8, 4) is 0 Å². The average molecular weight is 376 g/mol. The molecule has 148 valence electrons. The molecule has 8 heteroatoms. The molecule has 1 aromatic rings. The summed E-state index contributed by atoms with van der Waals surface area (Å²) in [5, 5.41) is 20.9. The molecular formula is C19H29BN2O5. The molecule has 27 heavy (non-hydrogen) atoms. The molecule has 0 saturated carbocycles. The minimum atomic E-state index is -2.02. The molecule has 0 radical (unpaired) electrons. The van der Waals surface area contributed by atoms with E-state index in [-0.39, 0.29) is 18.9 Å². The number of hydrogen-bond acceptors (Lipinski definition) is 5. The minimum Gasteiger partial charge on any atom is -0.402 e. The molecule has 1 aromatic carbocycles. The third-order valence-corrected chi connectivity index (χ3v) is 4.29. The second kappa shape index (κ2) is 10.9. The fourth-order valence-electron chi connectivity index (χ4n) is 2.65. The number of rotatable bonds is 9. The number of nitrogens with one attached hydrogen (secondary N) is 1. The summed E-state index contributed by atoms with van der Waals surface area (Å²) >= 11 is 0. The van der Waals surface area contributed by atoms with E-state index in [1.165, 1.54) is 4.90 Å². The van der Waals surface area contributed by atoms with Crippen molar-refractivity contribution in [1.82, 2.24) is 10.2 Å². The number of amides is 2. The van der Waals surface area contributed by atoms with Gasteiger partial charge in [0, 0.05) is 18.5 Å². The van der Waals surface area contributed by atoms with Gasteiger partial charge in [-0.2, -0.15) is 0 Å². The van der Waals surface area contributed by atoms with Gasteiger partial charge in [0.1, 0.15) is 6.23 Å². The molecule has 0 heterocycles. The molecule has 7 nitrogen and oxygen atoms in total. The molecule has 0 aliphatic rings. The summed E-state index contributed by atoms with van der Waals surface area (Å²) in [4.78, 5) is 26.0. The summed E-state index contributed by atoms with van der Waals surface area (Å²) in [6, 6.07) is 5.85. The van der Waals surface area contributed by atoms with E-state index < -0.39 is 19.5 Å². The molecule has 0 saturated heterocycles. The number of aryl methyl sites for hydroxylation is 2. The molecule has 1 rings (SSSR count). The first-order chi connectivity index (χ1) is 12.7. The summed E-state index contributed by atoms with van der Waals surface area (Å²) in [5.41, 5.74) is 3.59. The van der Waals surface area contributed by atoms with Crippen LogP contribution in [0.1, 0.15) is 37.5 Å². The van der Waals surface area contributed by atoms with E-state index in [9.17, 15) is 9.59 Å². The summed E-state index contributed by atoms with van der Waals surface area (Å²) < 4.78 is 5.02. The Bertz CT molecular complexity index is 691. The lowest BCUT2D eigenvalue weighted by atomic mass is 10.0. The fraction of sp³-hybridized carbons (Fsp3) is 0.474. The number of likely N-dealkylation sites (N-methyl/N-ethyl adjacent to an activating group) is 1. The SMILES string of the molecule is C/C=C(/C)C(=O)N(CC)CC(=O)N[C@@H](Cc1ccc(C)cc1C)OB(O)O. The van der Waals surface area contributed by atoms with Gasteiger partial charge in [0.25, 0.3) is 0 Å². The Balaban J connectivity index is 2.83. The van der Waals surface area contributed by atoms with Gasteiger partial charge in [-0.25, -0.2) is 0 Å². The van der Waals surface area contributed by atoms with E-state index in [2.05, 4.69) is 5.32 Å². The maximum atomic E-state index is 12.4. The van der Waals surface area contributed by atoms with Crippen LogP contribution in [0.4, 0.5) is 0 Å². The van der Waals surface area contributed by atoms with Crippen LogP contribution in [0.5, 0.6) is 0 Å². The predicted molar refractivity (Wildman–Crippen MR) is 105 cm³/mol. The van der Waals surface area contributed by atoms with Crippen LogP contribution in [0.3, 0.4) is 0 Å². The van der Waals surface area contributed by atoms with Crippen molar-refractivity contribution in [2.24, 2.45) is 0 Å². The Kier molecular flexibility index (Phi) is 9.21. The van der Waals surface area contributed by atoms with Crippen LogP contribution >= 0.6 is 0 Å². The van der Waals surface area contributed by atoms with E-state index in [0.29, 0.717) is 12.1 Å². The lowest BCUT2D eigenvalue weighted by Crippen LogP contribution is -2.47. The van der Waals surface area contributed by atoms with Gasteiger partial charge in [-0.15, -0.1) is 0 Å². The highest BCUT2D eigenvalue weighted by molar-refractivity contribution is 6.32. The molecule has 1 atom stereocenters. The Labute approximate surface area is 161 Å². The Hall–Kier alpha value is -2.16. The third kappa shape index (κ3) is 7.54. The maximum Gasteiger partial charge on any atom is 0.635 e. The molecule has 0 aliphatic carbocycles. The summed E-state index contributed by atoms with van der Waals surface area (Å²) in [7, 11) is -2.02. The lowest BCUT2D eigenvalue weighted by molar-refractivity contribution is -0.134. The van der Waals surface area contributed by atoms with Crippen LogP contribution in [-0.2, 0) is 20.7 Å². The molecule has 0 aliphatic heterocycles. The topological polar surface area (TPSA) is 99.1 Å². The van der Waals surface area contributed by atoms with Crippen LogP contribution in [0, 0.1) is 13.8 Å². The molecule has 0 bridgehead atoms. The Morgan fingerprint density at radius 1 is 1.33 bits per heavy atom. The number of nitrogens with zero attached hydrogens (tertiary/aromatic N) is 1. The first-order valence-electron chi connectivity index (χ1n) is 8.97. The number of hydrogen-bond donors (Lipinski definition) is 3. The van der Waals surface area contributed by atoms with Crippen LogP contribution < -0.4 is 5.32 Å². The highest BCUT2D eigenvalue weighted by Crippen LogP contribution is 2.13. The van der Waals surface area contributed by atoms with Gasteiger partial charge in [-0.1, -0.05) is 29.8 Å². The monoisotopic (exact) mass is 376 g/mol. The predicted octanol–water partition coefficient (Wildman–Crippen LogP) is 1.09. The van der Waals surface area contributed by atoms with E-state index >= 15 is 0 Å². The smallest absolute Gasteiger partial charge is 0.402 e. The largest absolute Gasteiger partial charge is 0.635 e. The van der Waals surface area contributed by atoms with Crippen molar-refractivity contribution in [2.75, 3.05) is 13.1 Å². The maximum absolute atomic E-state index is 12.4. The molecule has 0 fully saturated rings. The van der Waals surface area contributed by atoms with Crippen molar-refractivity contribution >= 4 is 19.1 Å². The zero-order chi connectivity index (χ0) is 20.6. The van der Waals surface area contributed by atoms with Gasteiger partial charge < -0.3 is 24.9 Å². The molecular weight excluding hydrogens is 347 g/mol. The second-order valence-corrected chi connectivity index (χ2v) is 6.44. The summed E-state index contributed by atoms with van der Waals surface area (Å²) in [5.74, 6) is -0.659. The zero-order valence-electron chi connectivity index (χ0n) is 16.7. The van der Waals surface area contributed by atoms with E-state index in [4.69, 9.17) is 14.7 Å². The highest BCUT2D eigenvalue weighted by Gasteiger charge is 2.23. The quantitative estimate of drug-likeness (QED) is 0.340. The molecule has 0 unspecified atom stereocenters. The third-order valence-electron chi connectivity index (χ3n) is 4.29. The van der Waals surface area contributed by atoms with Crippen molar-refractivity contribution < 1.29 is 24.3 Å². The zero-order valence-corrected chi connectivity index (χ0v) is 16.7. The summed E-state index contributed by atoms with van der Waals surface area (Å²) in [6.07, 6.45) is 1.02. The highest BCUT2D eigenvalue weighted by atomic mass is 16.6. The van der Waals surface area contributed by atoms with Crippen LogP contribution in [-0.4, -0.2) is 53.4 Å². The number of carbonyl (C=O) groups excluding carboxylic acids is 2. The average Bonchev–Trinajstić information content (AvgIpc) is 2.60. The lowest BCUT2D eigenvalue weighted by Gasteiger charge is -2.24. The first kappa shape index (κ1) is 22.9. The van der Waals surface area contributed by atoms with Gasteiger partial charge in [0.2, 0.25) is 11.8 Å². The van der Waals surface area contributed by atoms with Crippen molar-refractivity contribution in [3.63, 3.8) is 0 Å². The van der Waals surface area contributed by atoms with Crippen LogP contribution in [0.2, 0.25) is 0 Å². The van der Waals surface area contributed by atoms with Gasteiger partial charge in [0.05, 0.1) is 6.54 Å². The van der Waals surface area contributed by atoms with E-state index in [1.54, 1.807) is 26.8 Å².